The lowest BCUT2D eigenvalue weighted by Gasteiger charge is -1.95. The van der Waals surface area contributed by atoms with Crippen molar-refractivity contribution in [1.82, 2.24) is 0 Å². The number of hydrogen-bond acceptors (Lipinski definition) is 2. The molecule has 0 aromatic heterocycles. The third-order valence-electron chi connectivity index (χ3n) is 1.73. The van der Waals surface area contributed by atoms with E-state index in [9.17, 15) is 4.79 Å². The maximum Gasteiger partial charge on any atom is 0.159 e. The van der Waals surface area contributed by atoms with E-state index in [0.29, 0.717) is 5.56 Å². The second-order valence-electron chi connectivity index (χ2n) is 2.76. The van der Waals surface area contributed by atoms with Crippen LogP contribution in [0.4, 0.5) is 0 Å². The molecule has 0 amide bonds. The van der Waals surface area contributed by atoms with Gasteiger partial charge in [0.1, 0.15) is 0 Å². The maximum absolute atomic E-state index is 10.9. The molecule has 0 radical (unpaired) electrons. The normalized spacial score (nSPS) is 10.6. The zero-order chi connectivity index (χ0) is 9.68. The lowest BCUT2D eigenvalue weighted by Crippen LogP contribution is -1.90. The summed E-state index contributed by atoms with van der Waals surface area (Å²) in [5.74, 6) is 0.0673. The first kappa shape index (κ1) is 9.68. The molecule has 2 heteroatoms. The molecule has 0 heterocycles. The Labute approximate surface area is 77.5 Å². The van der Waals surface area contributed by atoms with Gasteiger partial charge in [0.15, 0.2) is 5.78 Å². The van der Waals surface area contributed by atoms with Crippen LogP contribution in [0.1, 0.15) is 22.8 Å². The minimum absolute atomic E-state index is 0.0362. The highest BCUT2D eigenvalue weighted by molar-refractivity contribution is 5.94. The molecule has 0 aliphatic rings. The van der Waals surface area contributed by atoms with E-state index < -0.39 is 0 Å². The fourth-order valence-electron chi connectivity index (χ4n) is 1.02. The molecule has 0 saturated heterocycles. The second kappa shape index (κ2) is 4.58. The van der Waals surface area contributed by atoms with E-state index >= 15 is 0 Å². The predicted octanol–water partition coefficient (Wildman–Crippen LogP) is 1.89. The minimum Gasteiger partial charge on any atom is -0.392 e. The van der Waals surface area contributed by atoms with Gasteiger partial charge in [0, 0.05) is 5.56 Å². The van der Waals surface area contributed by atoms with Gasteiger partial charge in [0.2, 0.25) is 0 Å². The summed E-state index contributed by atoms with van der Waals surface area (Å²) in [6.07, 6.45) is 3.46. The van der Waals surface area contributed by atoms with Crippen molar-refractivity contribution in [3.63, 3.8) is 0 Å². The van der Waals surface area contributed by atoms with E-state index in [1.807, 2.05) is 18.2 Å². The van der Waals surface area contributed by atoms with Gasteiger partial charge in [-0.25, -0.2) is 0 Å². The number of aliphatic hydroxyl groups is 1. The topological polar surface area (TPSA) is 37.3 Å². The van der Waals surface area contributed by atoms with Gasteiger partial charge >= 0.3 is 0 Å². The predicted molar refractivity (Wildman–Crippen MR) is 52.6 cm³/mol. The number of carbonyl (C=O) groups is 1. The van der Waals surface area contributed by atoms with Crippen LogP contribution >= 0.6 is 0 Å². The van der Waals surface area contributed by atoms with Crippen LogP contribution in [-0.4, -0.2) is 17.5 Å². The van der Waals surface area contributed by atoms with Crippen LogP contribution in [0.25, 0.3) is 6.08 Å². The van der Waals surface area contributed by atoms with Gasteiger partial charge in [-0.3, -0.25) is 4.79 Å². The zero-order valence-corrected chi connectivity index (χ0v) is 7.53. The van der Waals surface area contributed by atoms with Gasteiger partial charge in [-0.1, -0.05) is 36.4 Å². The molecule has 0 bridgehead atoms. The molecular formula is C11H12O2. The van der Waals surface area contributed by atoms with Gasteiger partial charge < -0.3 is 5.11 Å². The average Bonchev–Trinajstić information content (AvgIpc) is 2.15. The Morgan fingerprint density at radius 2 is 2.00 bits per heavy atom. The molecule has 0 aliphatic carbocycles. The number of hydrogen-bond donors (Lipinski definition) is 1. The Bertz CT molecular complexity index is 309. The van der Waals surface area contributed by atoms with Crippen LogP contribution in [-0.2, 0) is 0 Å². The van der Waals surface area contributed by atoms with Crippen molar-refractivity contribution in [2.24, 2.45) is 0 Å². The molecule has 1 rings (SSSR count). The third-order valence-corrected chi connectivity index (χ3v) is 1.73. The number of benzene rings is 1. The summed E-state index contributed by atoms with van der Waals surface area (Å²) in [4.78, 5) is 10.9. The molecule has 1 N–H and O–H groups in total. The van der Waals surface area contributed by atoms with E-state index in [4.69, 9.17) is 5.11 Å². The monoisotopic (exact) mass is 176 g/mol. The van der Waals surface area contributed by atoms with Crippen LogP contribution in [0.15, 0.2) is 30.3 Å². The van der Waals surface area contributed by atoms with E-state index in [2.05, 4.69) is 0 Å². The summed E-state index contributed by atoms with van der Waals surface area (Å²) < 4.78 is 0. The first-order valence-corrected chi connectivity index (χ1v) is 4.12. The molecule has 0 fully saturated rings. The van der Waals surface area contributed by atoms with E-state index in [0.717, 1.165) is 5.56 Å². The molecule has 13 heavy (non-hydrogen) atoms. The van der Waals surface area contributed by atoms with Gasteiger partial charge in [-0.2, -0.15) is 0 Å². The number of aliphatic hydroxyl groups excluding tert-OH is 1. The van der Waals surface area contributed by atoms with Crippen molar-refractivity contribution in [3.8, 4) is 0 Å². The van der Waals surface area contributed by atoms with Crippen molar-refractivity contribution in [2.45, 2.75) is 6.92 Å². The van der Waals surface area contributed by atoms with Crippen LogP contribution in [0.3, 0.4) is 0 Å². The second-order valence-corrected chi connectivity index (χ2v) is 2.76. The van der Waals surface area contributed by atoms with Gasteiger partial charge in [0.25, 0.3) is 0 Å². The molecule has 68 valence electrons. The maximum atomic E-state index is 10.9. The summed E-state index contributed by atoms with van der Waals surface area (Å²) in [5, 5.41) is 8.53. The van der Waals surface area contributed by atoms with Gasteiger partial charge in [-0.15, -0.1) is 0 Å². The third kappa shape index (κ3) is 2.84. The van der Waals surface area contributed by atoms with Crippen LogP contribution in [0.5, 0.6) is 0 Å². The van der Waals surface area contributed by atoms with Crippen molar-refractivity contribution in [2.75, 3.05) is 6.61 Å². The smallest absolute Gasteiger partial charge is 0.159 e. The van der Waals surface area contributed by atoms with E-state index in [1.165, 1.54) is 0 Å². The summed E-state index contributed by atoms with van der Waals surface area (Å²) in [7, 11) is 0. The van der Waals surface area contributed by atoms with Crippen LogP contribution in [0.2, 0.25) is 0 Å². The lowest BCUT2D eigenvalue weighted by molar-refractivity contribution is 0.101. The molecule has 0 aliphatic heterocycles. The van der Waals surface area contributed by atoms with Crippen LogP contribution in [0, 0.1) is 0 Å². The Morgan fingerprint density at radius 1 is 1.38 bits per heavy atom. The van der Waals surface area contributed by atoms with Gasteiger partial charge in [0.05, 0.1) is 6.61 Å². The number of ketones is 1. The quantitative estimate of drug-likeness (QED) is 0.714. The van der Waals surface area contributed by atoms with Crippen molar-refractivity contribution < 1.29 is 9.90 Å². The Kier molecular flexibility index (Phi) is 3.41. The lowest BCUT2D eigenvalue weighted by atomic mass is 10.1. The molecular weight excluding hydrogens is 164 g/mol. The standard InChI is InChI=1S/C11H12O2/c1-9(13)11-6-4-10(5-7-11)3-2-8-12/h2-7,12H,8H2,1H3. The highest BCUT2D eigenvalue weighted by Gasteiger charge is 1.96. The largest absolute Gasteiger partial charge is 0.392 e. The zero-order valence-electron chi connectivity index (χ0n) is 7.53. The minimum atomic E-state index is 0.0362. The number of carbonyl (C=O) groups excluding carboxylic acids is 1. The van der Waals surface area contributed by atoms with Crippen LogP contribution < -0.4 is 0 Å². The molecule has 1 aromatic carbocycles. The first-order chi connectivity index (χ1) is 6.24. The SMILES string of the molecule is CC(=O)c1ccc(C=CCO)cc1. The molecule has 0 spiro atoms. The molecule has 0 unspecified atom stereocenters. The summed E-state index contributed by atoms with van der Waals surface area (Å²) >= 11 is 0. The van der Waals surface area contributed by atoms with Crippen molar-refractivity contribution >= 4 is 11.9 Å². The molecule has 2 nitrogen and oxygen atoms in total. The Morgan fingerprint density at radius 3 is 2.46 bits per heavy atom. The summed E-state index contributed by atoms with van der Waals surface area (Å²) in [5.41, 5.74) is 1.69. The highest BCUT2D eigenvalue weighted by Crippen LogP contribution is 2.06. The fraction of sp³-hybridized carbons (Fsp3) is 0.182. The molecule has 0 atom stereocenters. The fourth-order valence-corrected chi connectivity index (χ4v) is 1.02. The summed E-state index contributed by atoms with van der Waals surface area (Å²) in [6, 6.07) is 7.25. The number of Topliss-reactive ketones (excluding diaryl/α,β-unsaturated/α-hetero) is 1. The Balaban J connectivity index is 2.81. The van der Waals surface area contributed by atoms with Crippen molar-refractivity contribution in [1.29, 1.82) is 0 Å². The van der Waals surface area contributed by atoms with E-state index in [1.54, 1.807) is 25.1 Å². The molecule has 1 aromatic rings. The Hall–Kier alpha value is -1.41. The number of rotatable bonds is 3. The average molecular weight is 176 g/mol. The van der Waals surface area contributed by atoms with E-state index in [-0.39, 0.29) is 12.4 Å². The van der Waals surface area contributed by atoms with Gasteiger partial charge in [-0.05, 0) is 12.5 Å². The summed E-state index contributed by atoms with van der Waals surface area (Å²) in [6.45, 7) is 1.58. The molecule has 0 saturated carbocycles. The van der Waals surface area contributed by atoms with Crippen molar-refractivity contribution in [3.05, 3.63) is 41.5 Å². The first-order valence-electron chi connectivity index (χ1n) is 4.12. The highest BCUT2D eigenvalue weighted by atomic mass is 16.2.